The normalized spacial score (nSPS) is 13.8. The summed E-state index contributed by atoms with van der Waals surface area (Å²) in [6, 6.07) is 7.61. The molecule has 1 fully saturated rings. The molecule has 2 aromatic heterocycles. The molecule has 1 aliphatic carbocycles. The summed E-state index contributed by atoms with van der Waals surface area (Å²) in [6.45, 7) is 2.54. The van der Waals surface area contributed by atoms with Gasteiger partial charge in [-0.3, -0.25) is 14.6 Å². The molecule has 0 aliphatic heterocycles. The highest BCUT2D eigenvalue weighted by molar-refractivity contribution is 5.91. The third kappa shape index (κ3) is 3.76. The van der Waals surface area contributed by atoms with Gasteiger partial charge in [0.1, 0.15) is 5.82 Å². The molecule has 128 valence electrons. The number of rotatable bonds is 6. The van der Waals surface area contributed by atoms with Gasteiger partial charge in [0.15, 0.2) is 5.82 Å². The predicted octanol–water partition coefficient (Wildman–Crippen LogP) is 2.88. The largest absolute Gasteiger partial charge is 0.326 e. The molecule has 1 aromatic carbocycles. The van der Waals surface area contributed by atoms with E-state index in [4.69, 9.17) is 0 Å². The summed E-state index contributed by atoms with van der Waals surface area (Å²) in [5, 5.41) is 14.4. The zero-order chi connectivity index (χ0) is 17.2. The predicted molar refractivity (Wildman–Crippen MR) is 94.0 cm³/mol. The van der Waals surface area contributed by atoms with E-state index < -0.39 is 0 Å². The average molecular weight is 336 g/mol. The molecule has 7 nitrogen and oxygen atoms in total. The lowest BCUT2D eigenvalue weighted by Gasteiger charge is -2.06. The van der Waals surface area contributed by atoms with E-state index in [-0.39, 0.29) is 5.91 Å². The van der Waals surface area contributed by atoms with Crippen molar-refractivity contribution < 1.29 is 4.79 Å². The number of aromatic amines is 1. The Balaban J connectivity index is 1.39. The number of carbonyl (C=O) groups is 1. The molecule has 25 heavy (non-hydrogen) atoms. The van der Waals surface area contributed by atoms with E-state index in [0.29, 0.717) is 24.7 Å². The lowest BCUT2D eigenvalue weighted by Crippen LogP contribution is -2.14. The first kappa shape index (κ1) is 15.6. The van der Waals surface area contributed by atoms with E-state index in [0.717, 1.165) is 22.6 Å². The van der Waals surface area contributed by atoms with Crippen LogP contribution in [0.2, 0.25) is 0 Å². The molecule has 0 unspecified atom stereocenters. The van der Waals surface area contributed by atoms with Crippen LogP contribution in [0.1, 0.15) is 36.6 Å². The summed E-state index contributed by atoms with van der Waals surface area (Å²) in [7, 11) is 0. The third-order valence-electron chi connectivity index (χ3n) is 4.20. The molecule has 0 bridgehead atoms. The van der Waals surface area contributed by atoms with Crippen molar-refractivity contribution in [2.45, 2.75) is 38.6 Å². The molecule has 4 rings (SSSR count). The van der Waals surface area contributed by atoms with Crippen LogP contribution in [0.5, 0.6) is 0 Å². The molecule has 0 saturated heterocycles. The molecule has 2 N–H and O–H groups in total. The minimum Gasteiger partial charge on any atom is -0.326 e. The number of hydrogen-bond donors (Lipinski definition) is 2. The van der Waals surface area contributed by atoms with Crippen LogP contribution >= 0.6 is 0 Å². The lowest BCUT2D eigenvalue weighted by atomic mass is 10.2. The summed E-state index contributed by atoms with van der Waals surface area (Å²) in [6.07, 6.45) is 6.45. The topological polar surface area (TPSA) is 88.5 Å². The van der Waals surface area contributed by atoms with E-state index in [9.17, 15) is 4.79 Å². The summed E-state index contributed by atoms with van der Waals surface area (Å²) in [5.41, 5.74) is 2.73. The van der Waals surface area contributed by atoms with Crippen molar-refractivity contribution in [3.63, 3.8) is 0 Å². The third-order valence-corrected chi connectivity index (χ3v) is 4.20. The first-order chi connectivity index (χ1) is 12.2. The highest BCUT2D eigenvalue weighted by Gasteiger charge is 2.27. The summed E-state index contributed by atoms with van der Waals surface area (Å²) in [5.74, 6) is 2.12. The highest BCUT2D eigenvalue weighted by atomic mass is 16.1. The van der Waals surface area contributed by atoms with Gasteiger partial charge in [0, 0.05) is 36.3 Å². The monoisotopic (exact) mass is 336 g/mol. The van der Waals surface area contributed by atoms with Crippen LogP contribution in [-0.4, -0.2) is 30.9 Å². The fourth-order valence-corrected chi connectivity index (χ4v) is 2.71. The Morgan fingerprint density at radius 1 is 1.40 bits per heavy atom. The SMILES string of the molecule is Cc1cnn(CCC(=O)Nc2cccc(-c3n[nH]c(C4CC4)n3)c2)c1. The van der Waals surface area contributed by atoms with E-state index in [1.807, 2.05) is 37.4 Å². The van der Waals surface area contributed by atoms with Crippen LogP contribution in [0.25, 0.3) is 11.4 Å². The van der Waals surface area contributed by atoms with E-state index >= 15 is 0 Å². The number of aryl methyl sites for hydroxylation is 2. The van der Waals surface area contributed by atoms with Crippen LogP contribution in [0.4, 0.5) is 5.69 Å². The molecule has 0 atom stereocenters. The number of amides is 1. The maximum Gasteiger partial charge on any atom is 0.226 e. The number of nitrogens with zero attached hydrogens (tertiary/aromatic N) is 4. The minimum atomic E-state index is -0.0426. The number of aromatic nitrogens is 5. The molecule has 0 spiro atoms. The number of anilines is 1. The van der Waals surface area contributed by atoms with Crippen LogP contribution < -0.4 is 5.32 Å². The Morgan fingerprint density at radius 2 is 2.28 bits per heavy atom. The Bertz CT molecular complexity index is 892. The number of nitrogens with one attached hydrogen (secondary N) is 2. The second-order valence-electron chi connectivity index (χ2n) is 6.48. The molecule has 3 aromatic rings. The van der Waals surface area contributed by atoms with Gasteiger partial charge in [0.2, 0.25) is 5.91 Å². The molecule has 1 aliphatic rings. The van der Waals surface area contributed by atoms with Gasteiger partial charge in [-0.25, -0.2) is 4.98 Å². The first-order valence-electron chi connectivity index (χ1n) is 8.49. The number of carbonyl (C=O) groups excluding carboxylic acids is 1. The molecule has 0 radical (unpaired) electrons. The van der Waals surface area contributed by atoms with Gasteiger partial charge in [0.05, 0.1) is 6.20 Å². The van der Waals surface area contributed by atoms with Crippen LogP contribution in [0, 0.1) is 6.92 Å². The Kier molecular flexibility index (Phi) is 4.05. The maximum atomic E-state index is 12.2. The quantitative estimate of drug-likeness (QED) is 0.724. The summed E-state index contributed by atoms with van der Waals surface area (Å²) >= 11 is 0. The lowest BCUT2D eigenvalue weighted by molar-refractivity contribution is -0.116. The standard InChI is InChI=1S/C18H20N6O/c1-12-10-19-24(11-12)8-7-16(25)20-15-4-2-3-14(9-15)18-21-17(22-23-18)13-5-6-13/h2-4,9-11,13H,5-8H2,1H3,(H,20,25)(H,21,22,23). The smallest absolute Gasteiger partial charge is 0.226 e. The van der Waals surface area contributed by atoms with Gasteiger partial charge in [0.25, 0.3) is 0 Å². The molecular formula is C18H20N6O. The fourth-order valence-electron chi connectivity index (χ4n) is 2.71. The second-order valence-corrected chi connectivity index (χ2v) is 6.48. The van der Waals surface area contributed by atoms with Crippen molar-refractivity contribution in [1.29, 1.82) is 0 Å². The van der Waals surface area contributed by atoms with Crippen molar-refractivity contribution in [2.24, 2.45) is 0 Å². The summed E-state index contributed by atoms with van der Waals surface area (Å²) in [4.78, 5) is 16.7. The number of benzene rings is 1. The Labute approximate surface area is 145 Å². The molecule has 2 heterocycles. The van der Waals surface area contributed by atoms with E-state index in [1.165, 1.54) is 12.8 Å². The highest BCUT2D eigenvalue weighted by Crippen LogP contribution is 2.38. The van der Waals surface area contributed by atoms with E-state index in [2.05, 4.69) is 25.6 Å². The Morgan fingerprint density at radius 3 is 3.04 bits per heavy atom. The number of hydrogen-bond acceptors (Lipinski definition) is 4. The van der Waals surface area contributed by atoms with Crippen molar-refractivity contribution in [1.82, 2.24) is 25.0 Å². The molecular weight excluding hydrogens is 316 g/mol. The maximum absolute atomic E-state index is 12.2. The zero-order valence-electron chi connectivity index (χ0n) is 14.1. The van der Waals surface area contributed by atoms with Gasteiger partial charge >= 0.3 is 0 Å². The first-order valence-corrected chi connectivity index (χ1v) is 8.49. The summed E-state index contributed by atoms with van der Waals surface area (Å²) < 4.78 is 1.78. The van der Waals surface area contributed by atoms with Gasteiger partial charge in [-0.15, -0.1) is 0 Å². The van der Waals surface area contributed by atoms with Crippen molar-refractivity contribution in [3.05, 3.63) is 48.0 Å². The van der Waals surface area contributed by atoms with Gasteiger partial charge in [-0.1, -0.05) is 12.1 Å². The second kappa shape index (κ2) is 6.51. The van der Waals surface area contributed by atoms with Gasteiger partial charge in [-0.2, -0.15) is 10.2 Å². The fraction of sp³-hybridized carbons (Fsp3) is 0.333. The van der Waals surface area contributed by atoms with Gasteiger partial charge in [-0.05, 0) is 37.5 Å². The van der Waals surface area contributed by atoms with Gasteiger partial charge < -0.3 is 5.32 Å². The molecule has 1 saturated carbocycles. The van der Waals surface area contributed by atoms with Crippen molar-refractivity contribution >= 4 is 11.6 Å². The van der Waals surface area contributed by atoms with Crippen molar-refractivity contribution in [2.75, 3.05) is 5.32 Å². The van der Waals surface area contributed by atoms with Crippen LogP contribution in [0.3, 0.4) is 0 Å². The molecule has 7 heteroatoms. The van der Waals surface area contributed by atoms with Crippen molar-refractivity contribution in [3.8, 4) is 11.4 Å². The van der Waals surface area contributed by atoms with Crippen LogP contribution in [-0.2, 0) is 11.3 Å². The Hall–Kier alpha value is -2.96. The minimum absolute atomic E-state index is 0.0426. The van der Waals surface area contributed by atoms with Crippen LogP contribution in [0.15, 0.2) is 36.7 Å². The number of H-pyrrole nitrogens is 1. The molecule has 1 amide bonds. The van der Waals surface area contributed by atoms with E-state index in [1.54, 1.807) is 10.9 Å². The average Bonchev–Trinajstić information content (AvgIpc) is 3.18. The zero-order valence-corrected chi connectivity index (χ0v) is 14.1.